The first-order valence-electron chi connectivity index (χ1n) is 5.80. The second-order valence-corrected chi connectivity index (χ2v) is 4.60. The molecule has 3 heteroatoms. The van der Waals surface area contributed by atoms with Crippen LogP contribution in [-0.4, -0.2) is 4.98 Å². The molecule has 1 heterocycles. The van der Waals surface area contributed by atoms with Crippen LogP contribution in [0.4, 0.5) is 5.69 Å². The summed E-state index contributed by atoms with van der Waals surface area (Å²) in [4.78, 5) is 3.99. The lowest BCUT2D eigenvalue weighted by Crippen LogP contribution is -2.22. The molecule has 0 saturated heterocycles. The van der Waals surface area contributed by atoms with Crippen LogP contribution in [0, 0.1) is 11.3 Å². The van der Waals surface area contributed by atoms with Gasteiger partial charge in [0.05, 0.1) is 11.5 Å². The molecule has 0 amide bonds. The Hall–Kier alpha value is -2.34. The zero-order valence-corrected chi connectivity index (χ0v) is 10.3. The van der Waals surface area contributed by atoms with Gasteiger partial charge in [-0.1, -0.05) is 12.1 Å². The summed E-state index contributed by atoms with van der Waals surface area (Å²) in [6.07, 6.45) is 4.15. The molecule has 1 unspecified atom stereocenters. The Morgan fingerprint density at radius 3 is 2.33 bits per heavy atom. The predicted octanol–water partition coefficient (Wildman–Crippen LogP) is 2.69. The Balaban J connectivity index is 2.32. The van der Waals surface area contributed by atoms with E-state index in [2.05, 4.69) is 11.1 Å². The number of nitrogens with zero attached hydrogens (tertiary/aromatic N) is 2. The maximum absolute atomic E-state index is 9.47. The zero-order valence-electron chi connectivity index (χ0n) is 10.3. The summed E-state index contributed by atoms with van der Waals surface area (Å²) in [6.45, 7) is 1.94. The van der Waals surface area contributed by atoms with Gasteiger partial charge in [0.25, 0.3) is 0 Å². The Morgan fingerprint density at radius 2 is 1.78 bits per heavy atom. The lowest BCUT2D eigenvalue weighted by atomic mass is 9.79. The first-order chi connectivity index (χ1) is 8.64. The third-order valence-corrected chi connectivity index (χ3v) is 3.10. The highest BCUT2D eigenvalue weighted by Crippen LogP contribution is 2.28. The van der Waals surface area contributed by atoms with Crippen LogP contribution in [0.25, 0.3) is 0 Å². The smallest absolute Gasteiger partial charge is 0.0834 e. The summed E-state index contributed by atoms with van der Waals surface area (Å²) >= 11 is 0. The topological polar surface area (TPSA) is 62.7 Å². The second-order valence-electron chi connectivity index (χ2n) is 4.60. The average molecular weight is 237 g/mol. The Bertz CT molecular complexity index is 555. The molecule has 0 bridgehead atoms. The molecular formula is C15H15N3. The number of aromatic nitrogens is 1. The Morgan fingerprint density at radius 1 is 1.17 bits per heavy atom. The molecular weight excluding hydrogens is 222 g/mol. The van der Waals surface area contributed by atoms with Crippen LogP contribution in [0.2, 0.25) is 0 Å². The number of pyridine rings is 1. The maximum Gasteiger partial charge on any atom is 0.0834 e. The fourth-order valence-corrected chi connectivity index (χ4v) is 1.97. The summed E-state index contributed by atoms with van der Waals surface area (Å²) in [7, 11) is 0. The van der Waals surface area contributed by atoms with E-state index in [-0.39, 0.29) is 0 Å². The van der Waals surface area contributed by atoms with E-state index in [1.165, 1.54) is 0 Å². The lowest BCUT2D eigenvalue weighted by Gasteiger charge is -2.22. The van der Waals surface area contributed by atoms with Gasteiger partial charge in [0.15, 0.2) is 0 Å². The summed E-state index contributed by atoms with van der Waals surface area (Å²) in [5, 5.41) is 9.47. The van der Waals surface area contributed by atoms with Crippen LogP contribution in [0.15, 0.2) is 48.8 Å². The van der Waals surface area contributed by atoms with Gasteiger partial charge in [0.1, 0.15) is 0 Å². The van der Waals surface area contributed by atoms with Crippen molar-refractivity contribution in [2.24, 2.45) is 0 Å². The first kappa shape index (κ1) is 12.1. The molecule has 2 rings (SSSR count). The standard InChI is InChI=1S/C15H15N3/c1-15(11-16,10-12-6-8-18-9-7-12)13-2-4-14(17)5-3-13/h2-9H,10,17H2,1H3. The summed E-state index contributed by atoms with van der Waals surface area (Å²) < 4.78 is 0. The van der Waals surface area contributed by atoms with E-state index in [9.17, 15) is 5.26 Å². The number of hydrogen-bond donors (Lipinski definition) is 1. The molecule has 0 saturated carbocycles. The van der Waals surface area contributed by atoms with Crippen molar-refractivity contribution >= 4 is 5.69 Å². The molecule has 0 aliphatic rings. The molecule has 2 aromatic rings. The summed E-state index contributed by atoms with van der Waals surface area (Å²) in [5.41, 5.74) is 7.92. The van der Waals surface area contributed by atoms with Gasteiger partial charge in [-0.2, -0.15) is 5.26 Å². The van der Waals surface area contributed by atoms with Crippen molar-refractivity contribution in [1.82, 2.24) is 4.98 Å². The number of rotatable bonds is 3. The molecule has 0 aliphatic heterocycles. The predicted molar refractivity (Wildman–Crippen MR) is 71.8 cm³/mol. The number of nitriles is 1. The van der Waals surface area contributed by atoms with E-state index in [1.54, 1.807) is 12.4 Å². The van der Waals surface area contributed by atoms with Gasteiger partial charge >= 0.3 is 0 Å². The summed E-state index contributed by atoms with van der Waals surface area (Å²) in [6, 6.07) is 13.8. The molecule has 18 heavy (non-hydrogen) atoms. The van der Waals surface area contributed by atoms with Crippen molar-refractivity contribution in [3.8, 4) is 6.07 Å². The van der Waals surface area contributed by atoms with Gasteiger partial charge in [-0.3, -0.25) is 4.98 Å². The van der Waals surface area contributed by atoms with Crippen LogP contribution in [0.3, 0.4) is 0 Å². The molecule has 1 atom stereocenters. The van der Waals surface area contributed by atoms with Gasteiger partial charge in [-0.05, 0) is 48.7 Å². The van der Waals surface area contributed by atoms with Gasteiger partial charge in [-0.15, -0.1) is 0 Å². The van der Waals surface area contributed by atoms with E-state index < -0.39 is 5.41 Å². The van der Waals surface area contributed by atoms with Crippen molar-refractivity contribution in [2.75, 3.05) is 5.73 Å². The van der Waals surface area contributed by atoms with Crippen molar-refractivity contribution in [1.29, 1.82) is 5.26 Å². The molecule has 1 aromatic carbocycles. The van der Waals surface area contributed by atoms with E-state index >= 15 is 0 Å². The van der Waals surface area contributed by atoms with Crippen molar-refractivity contribution < 1.29 is 0 Å². The molecule has 90 valence electrons. The number of nitrogens with two attached hydrogens (primary N) is 1. The maximum atomic E-state index is 9.47. The van der Waals surface area contributed by atoms with Gasteiger partial charge in [0, 0.05) is 18.1 Å². The molecule has 0 aliphatic carbocycles. The minimum atomic E-state index is -0.547. The third-order valence-electron chi connectivity index (χ3n) is 3.10. The van der Waals surface area contributed by atoms with Gasteiger partial charge in [-0.25, -0.2) is 0 Å². The molecule has 3 nitrogen and oxygen atoms in total. The highest BCUT2D eigenvalue weighted by Gasteiger charge is 2.26. The van der Waals surface area contributed by atoms with Crippen LogP contribution >= 0.6 is 0 Å². The molecule has 2 N–H and O–H groups in total. The Labute approximate surface area is 107 Å². The number of hydrogen-bond acceptors (Lipinski definition) is 3. The highest BCUT2D eigenvalue weighted by atomic mass is 14.6. The van der Waals surface area contributed by atoms with Gasteiger partial charge in [0.2, 0.25) is 0 Å². The van der Waals surface area contributed by atoms with E-state index in [4.69, 9.17) is 5.73 Å². The average Bonchev–Trinajstić information content (AvgIpc) is 2.40. The van der Waals surface area contributed by atoms with Crippen molar-refractivity contribution in [2.45, 2.75) is 18.8 Å². The van der Waals surface area contributed by atoms with Crippen molar-refractivity contribution in [3.63, 3.8) is 0 Å². The minimum absolute atomic E-state index is 0.547. The van der Waals surface area contributed by atoms with E-state index in [1.807, 2.05) is 43.3 Å². The van der Waals surface area contributed by atoms with E-state index in [0.717, 1.165) is 11.1 Å². The molecule has 0 spiro atoms. The SMILES string of the molecule is CC(C#N)(Cc1ccncc1)c1ccc(N)cc1. The number of benzene rings is 1. The largest absolute Gasteiger partial charge is 0.399 e. The fourth-order valence-electron chi connectivity index (χ4n) is 1.97. The fraction of sp³-hybridized carbons (Fsp3) is 0.200. The van der Waals surface area contributed by atoms with E-state index in [0.29, 0.717) is 12.1 Å². The third kappa shape index (κ3) is 2.49. The number of anilines is 1. The second kappa shape index (κ2) is 4.89. The molecule has 0 fully saturated rings. The van der Waals surface area contributed by atoms with Crippen LogP contribution in [0.1, 0.15) is 18.1 Å². The number of nitrogen functional groups attached to an aromatic ring is 1. The minimum Gasteiger partial charge on any atom is -0.399 e. The zero-order chi connectivity index (χ0) is 13.0. The molecule has 1 aromatic heterocycles. The van der Waals surface area contributed by atoms with Crippen LogP contribution < -0.4 is 5.73 Å². The highest BCUT2D eigenvalue weighted by molar-refractivity contribution is 5.44. The quantitative estimate of drug-likeness (QED) is 0.835. The van der Waals surface area contributed by atoms with Gasteiger partial charge < -0.3 is 5.73 Å². The molecule has 0 radical (unpaired) electrons. The van der Waals surface area contributed by atoms with Crippen molar-refractivity contribution in [3.05, 3.63) is 59.9 Å². The monoisotopic (exact) mass is 237 g/mol. The first-order valence-corrected chi connectivity index (χ1v) is 5.80. The van der Waals surface area contributed by atoms with Crippen LogP contribution in [0.5, 0.6) is 0 Å². The lowest BCUT2D eigenvalue weighted by molar-refractivity contribution is 0.606. The summed E-state index contributed by atoms with van der Waals surface area (Å²) in [5.74, 6) is 0. The normalized spacial score (nSPS) is 13.6. The Kier molecular flexibility index (Phi) is 3.29. The van der Waals surface area contributed by atoms with Crippen LogP contribution in [-0.2, 0) is 11.8 Å².